The zero-order valence-electron chi connectivity index (χ0n) is 10.7. The summed E-state index contributed by atoms with van der Waals surface area (Å²) in [6, 6.07) is 6.84. The van der Waals surface area contributed by atoms with Crippen molar-refractivity contribution in [2.75, 3.05) is 13.1 Å². The molecule has 2 nitrogen and oxygen atoms in total. The number of hydrogen-bond acceptors (Lipinski definition) is 2. The van der Waals surface area contributed by atoms with E-state index in [0.717, 1.165) is 6.54 Å². The van der Waals surface area contributed by atoms with Crippen LogP contribution in [0.4, 0.5) is 4.39 Å². The number of hydrogen-bond donors (Lipinski definition) is 1. The predicted molar refractivity (Wildman–Crippen MR) is 66.3 cm³/mol. The second kappa shape index (κ2) is 4.75. The molecule has 1 aromatic carbocycles. The molecule has 0 aliphatic carbocycles. The van der Waals surface area contributed by atoms with Crippen molar-refractivity contribution in [2.45, 2.75) is 32.5 Å². The summed E-state index contributed by atoms with van der Waals surface area (Å²) in [6.45, 7) is 7.83. The maximum Gasteiger partial charge on any atom is 0.129 e. The molecule has 0 spiro atoms. The molecule has 1 heterocycles. The summed E-state index contributed by atoms with van der Waals surface area (Å²) in [7, 11) is 0. The Hall–Kier alpha value is -0.930. The van der Waals surface area contributed by atoms with E-state index in [1.807, 2.05) is 6.07 Å². The SMILES string of the molecule is CC(C)C1(C)CNCC(c2ccccc2F)O1. The van der Waals surface area contributed by atoms with Gasteiger partial charge in [0.15, 0.2) is 0 Å². The fourth-order valence-electron chi connectivity index (χ4n) is 2.11. The average molecular weight is 237 g/mol. The van der Waals surface area contributed by atoms with Crippen LogP contribution in [-0.4, -0.2) is 18.7 Å². The van der Waals surface area contributed by atoms with Gasteiger partial charge in [-0.1, -0.05) is 32.0 Å². The molecule has 2 unspecified atom stereocenters. The monoisotopic (exact) mass is 237 g/mol. The quantitative estimate of drug-likeness (QED) is 0.854. The molecule has 1 aliphatic rings. The summed E-state index contributed by atoms with van der Waals surface area (Å²) in [6.07, 6.45) is -0.197. The standard InChI is InChI=1S/C14H20FNO/c1-10(2)14(3)9-16-8-13(17-14)11-6-4-5-7-12(11)15/h4-7,10,13,16H,8-9H2,1-3H3. The first-order chi connectivity index (χ1) is 8.03. The highest BCUT2D eigenvalue weighted by atomic mass is 19.1. The van der Waals surface area contributed by atoms with Crippen molar-refractivity contribution in [3.05, 3.63) is 35.6 Å². The van der Waals surface area contributed by atoms with E-state index >= 15 is 0 Å². The van der Waals surface area contributed by atoms with Crippen LogP contribution in [0, 0.1) is 11.7 Å². The normalized spacial score (nSPS) is 29.6. The van der Waals surface area contributed by atoms with Gasteiger partial charge in [-0.3, -0.25) is 0 Å². The van der Waals surface area contributed by atoms with Crippen LogP contribution < -0.4 is 5.32 Å². The van der Waals surface area contributed by atoms with Gasteiger partial charge >= 0.3 is 0 Å². The number of nitrogens with one attached hydrogen (secondary N) is 1. The first-order valence-electron chi connectivity index (χ1n) is 6.16. The third-order valence-corrected chi connectivity index (χ3v) is 3.69. The van der Waals surface area contributed by atoms with Gasteiger partial charge in [-0.15, -0.1) is 0 Å². The van der Waals surface area contributed by atoms with Gasteiger partial charge in [0, 0.05) is 18.7 Å². The summed E-state index contributed by atoms with van der Waals surface area (Å²) >= 11 is 0. The Kier molecular flexibility index (Phi) is 3.50. The molecule has 1 aromatic rings. The number of morpholine rings is 1. The van der Waals surface area contributed by atoms with E-state index in [2.05, 4.69) is 26.1 Å². The van der Waals surface area contributed by atoms with Gasteiger partial charge in [-0.05, 0) is 18.9 Å². The number of ether oxygens (including phenoxy) is 1. The first-order valence-corrected chi connectivity index (χ1v) is 6.16. The van der Waals surface area contributed by atoms with Crippen LogP contribution in [-0.2, 0) is 4.74 Å². The fraction of sp³-hybridized carbons (Fsp3) is 0.571. The van der Waals surface area contributed by atoms with E-state index in [9.17, 15) is 4.39 Å². The van der Waals surface area contributed by atoms with Crippen molar-refractivity contribution < 1.29 is 9.13 Å². The van der Waals surface area contributed by atoms with E-state index < -0.39 is 0 Å². The summed E-state index contributed by atoms with van der Waals surface area (Å²) in [5, 5.41) is 3.34. The molecule has 1 saturated heterocycles. The number of halogens is 1. The first kappa shape index (κ1) is 12.5. The summed E-state index contributed by atoms with van der Waals surface area (Å²) in [4.78, 5) is 0. The second-order valence-corrected chi connectivity index (χ2v) is 5.23. The predicted octanol–water partition coefficient (Wildman–Crippen LogP) is 2.90. The lowest BCUT2D eigenvalue weighted by atomic mass is 9.89. The van der Waals surface area contributed by atoms with Gasteiger partial charge in [0.2, 0.25) is 0 Å². The Bertz CT molecular complexity index is 394. The maximum atomic E-state index is 13.7. The molecular weight excluding hydrogens is 217 g/mol. The average Bonchev–Trinajstić information content (AvgIpc) is 2.29. The molecule has 17 heavy (non-hydrogen) atoms. The largest absolute Gasteiger partial charge is 0.364 e. The topological polar surface area (TPSA) is 21.3 Å². The third-order valence-electron chi connectivity index (χ3n) is 3.69. The van der Waals surface area contributed by atoms with Crippen molar-refractivity contribution >= 4 is 0 Å². The molecule has 0 amide bonds. The highest BCUT2D eigenvalue weighted by Crippen LogP contribution is 2.32. The Balaban J connectivity index is 2.21. The Labute approximate surface area is 102 Å². The summed E-state index contributed by atoms with van der Waals surface area (Å²) in [5.74, 6) is 0.205. The smallest absolute Gasteiger partial charge is 0.129 e. The van der Waals surface area contributed by atoms with Crippen LogP contribution in [0.5, 0.6) is 0 Å². The van der Waals surface area contributed by atoms with Gasteiger partial charge in [-0.25, -0.2) is 4.39 Å². The molecule has 0 radical (unpaired) electrons. The van der Waals surface area contributed by atoms with E-state index in [0.29, 0.717) is 18.0 Å². The molecule has 0 bridgehead atoms. The van der Waals surface area contributed by atoms with Crippen LogP contribution in [0.2, 0.25) is 0 Å². The van der Waals surface area contributed by atoms with E-state index in [1.165, 1.54) is 6.07 Å². The van der Waals surface area contributed by atoms with E-state index in [1.54, 1.807) is 12.1 Å². The Morgan fingerprint density at radius 1 is 1.41 bits per heavy atom. The molecule has 2 rings (SSSR count). The molecule has 94 valence electrons. The van der Waals surface area contributed by atoms with Crippen molar-refractivity contribution in [1.82, 2.24) is 5.32 Å². The Morgan fingerprint density at radius 2 is 2.12 bits per heavy atom. The van der Waals surface area contributed by atoms with Crippen LogP contribution in [0.25, 0.3) is 0 Å². The molecule has 2 atom stereocenters. The van der Waals surface area contributed by atoms with Crippen molar-refractivity contribution in [2.24, 2.45) is 5.92 Å². The van der Waals surface area contributed by atoms with Crippen LogP contribution in [0.1, 0.15) is 32.4 Å². The maximum absolute atomic E-state index is 13.7. The highest BCUT2D eigenvalue weighted by Gasteiger charge is 2.36. The molecule has 0 aromatic heterocycles. The van der Waals surface area contributed by atoms with Gasteiger partial charge in [0.05, 0.1) is 11.7 Å². The number of benzene rings is 1. The van der Waals surface area contributed by atoms with Gasteiger partial charge in [0.1, 0.15) is 5.82 Å². The van der Waals surface area contributed by atoms with E-state index in [4.69, 9.17) is 4.74 Å². The van der Waals surface area contributed by atoms with Crippen LogP contribution in [0.3, 0.4) is 0 Å². The van der Waals surface area contributed by atoms with Gasteiger partial charge < -0.3 is 10.1 Å². The third kappa shape index (κ3) is 2.50. The lowest BCUT2D eigenvalue weighted by molar-refractivity contribution is -0.133. The Morgan fingerprint density at radius 3 is 2.76 bits per heavy atom. The molecule has 1 aliphatic heterocycles. The fourth-order valence-corrected chi connectivity index (χ4v) is 2.11. The highest BCUT2D eigenvalue weighted by molar-refractivity contribution is 5.21. The molecular formula is C14H20FNO. The second-order valence-electron chi connectivity index (χ2n) is 5.23. The lowest BCUT2D eigenvalue weighted by Crippen LogP contribution is -2.52. The molecule has 3 heteroatoms. The van der Waals surface area contributed by atoms with Crippen LogP contribution >= 0.6 is 0 Å². The van der Waals surface area contributed by atoms with E-state index in [-0.39, 0.29) is 17.5 Å². The summed E-state index contributed by atoms with van der Waals surface area (Å²) < 4.78 is 19.8. The van der Waals surface area contributed by atoms with Gasteiger partial charge in [-0.2, -0.15) is 0 Å². The molecule has 0 saturated carbocycles. The minimum absolute atomic E-state index is 0.188. The number of rotatable bonds is 2. The van der Waals surface area contributed by atoms with Crippen molar-refractivity contribution in [1.29, 1.82) is 0 Å². The molecule has 1 fully saturated rings. The van der Waals surface area contributed by atoms with Crippen LogP contribution in [0.15, 0.2) is 24.3 Å². The van der Waals surface area contributed by atoms with Crippen molar-refractivity contribution in [3.63, 3.8) is 0 Å². The van der Waals surface area contributed by atoms with Crippen molar-refractivity contribution in [3.8, 4) is 0 Å². The van der Waals surface area contributed by atoms with Gasteiger partial charge in [0.25, 0.3) is 0 Å². The minimum atomic E-state index is -0.231. The zero-order chi connectivity index (χ0) is 12.5. The minimum Gasteiger partial charge on any atom is -0.364 e. The molecule has 1 N–H and O–H groups in total. The zero-order valence-corrected chi connectivity index (χ0v) is 10.7. The lowest BCUT2D eigenvalue weighted by Gasteiger charge is -2.42. The summed E-state index contributed by atoms with van der Waals surface area (Å²) in [5.41, 5.74) is 0.414.